The molecule has 1 heterocycles. The summed E-state index contributed by atoms with van der Waals surface area (Å²) >= 11 is 0. The molecule has 0 aliphatic carbocycles. The number of likely N-dealkylation sites (tertiary alicyclic amines) is 1. The minimum absolute atomic E-state index is 0.00405. The van der Waals surface area contributed by atoms with Gasteiger partial charge in [0.05, 0.1) is 0 Å². The molecule has 1 N–H and O–H groups in total. The van der Waals surface area contributed by atoms with Crippen LogP contribution in [0.2, 0.25) is 0 Å². The Morgan fingerprint density at radius 1 is 1.25 bits per heavy atom. The van der Waals surface area contributed by atoms with Gasteiger partial charge in [0, 0.05) is 25.0 Å². The second-order valence-corrected chi connectivity index (χ2v) is 6.81. The van der Waals surface area contributed by atoms with Crippen molar-refractivity contribution in [2.45, 2.75) is 46.6 Å². The van der Waals surface area contributed by atoms with Gasteiger partial charge in [0.2, 0.25) is 5.91 Å². The summed E-state index contributed by atoms with van der Waals surface area (Å²) in [6.07, 6.45) is 1.60. The zero-order valence-corrected chi connectivity index (χ0v) is 15.1. The Balaban J connectivity index is 1.79. The van der Waals surface area contributed by atoms with E-state index in [-0.39, 0.29) is 30.4 Å². The van der Waals surface area contributed by atoms with Crippen LogP contribution in [0.5, 0.6) is 5.75 Å². The number of nitrogens with one attached hydrogen (secondary N) is 1. The van der Waals surface area contributed by atoms with Crippen molar-refractivity contribution in [2.24, 2.45) is 5.92 Å². The Hall–Kier alpha value is -2.04. The van der Waals surface area contributed by atoms with Crippen molar-refractivity contribution in [3.8, 4) is 5.75 Å². The van der Waals surface area contributed by atoms with Crippen LogP contribution in [0, 0.1) is 19.8 Å². The molecule has 0 atom stereocenters. The third-order valence-electron chi connectivity index (χ3n) is 4.62. The molecule has 1 aliphatic heterocycles. The average Bonchev–Trinajstić information content (AvgIpc) is 2.56. The number of amides is 2. The summed E-state index contributed by atoms with van der Waals surface area (Å²) in [6, 6.07) is 6.03. The van der Waals surface area contributed by atoms with Crippen molar-refractivity contribution >= 4 is 11.8 Å². The summed E-state index contributed by atoms with van der Waals surface area (Å²) in [5.74, 6) is 0.848. The molecule has 1 aliphatic rings. The van der Waals surface area contributed by atoms with Gasteiger partial charge in [-0.25, -0.2) is 0 Å². The number of carbonyl (C=O) groups excluding carboxylic acids is 2. The van der Waals surface area contributed by atoms with Crippen LogP contribution in [0.4, 0.5) is 0 Å². The summed E-state index contributed by atoms with van der Waals surface area (Å²) in [6.45, 7) is 9.19. The van der Waals surface area contributed by atoms with Gasteiger partial charge in [-0.1, -0.05) is 26.0 Å². The van der Waals surface area contributed by atoms with Crippen LogP contribution in [0.3, 0.4) is 0 Å². The SMILES string of the molecule is Cc1cccc(OCC(=O)N2CCC(NC(=O)C(C)C)CC2)c1C. The van der Waals surface area contributed by atoms with E-state index in [1.165, 1.54) is 0 Å². The van der Waals surface area contributed by atoms with Crippen LogP contribution >= 0.6 is 0 Å². The molecule has 0 bridgehead atoms. The highest BCUT2D eigenvalue weighted by Crippen LogP contribution is 2.20. The monoisotopic (exact) mass is 332 g/mol. The molecule has 5 heteroatoms. The number of rotatable bonds is 5. The fraction of sp³-hybridized carbons (Fsp3) is 0.579. The molecule has 132 valence electrons. The topological polar surface area (TPSA) is 58.6 Å². The smallest absolute Gasteiger partial charge is 0.260 e. The predicted molar refractivity (Wildman–Crippen MR) is 94.0 cm³/mol. The molecular weight excluding hydrogens is 304 g/mol. The third-order valence-corrected chi connectivity index (χ3v) is 4.62. The number of nitrogens with zero attached hydrogens (tertiary/aromatic N) is 1. The second-order valence-electron chi connectivity index (χ2n) is 6.81. The van der Waals surface area contributed by atoms with E-state index < -0.39 is 0 Å². The van der Waals surface area contributed by atoms with E-state index >= 15 is 0 Å². The third kappa shape index (κ3) is 4.73. The molecule has 24 heavy (non-hydrogen) atoms. The highest BCUT2D eigenvalue weighted by molar-refractivity contribution is 5.79. The van der Waals surface area contributed by atoms with Gasteiger partial charge in [-0.15, -0.1) is 0 Å². The van der Waals surface area contributed by atoms with Crippen LogP contribution in [-0.4, -0.2) is 42.5 Å². The number of piperidine rings is 1. The summed E-state index contributed by atoms with van der Waals surface area (Å²) in [7, 11) is 0. The van der Waals surface area contributed by atoms with E-state index in [0.29, 0.717) is 13.1 Å². The molecule has 1 fully saturated rings. The first-order chi connectivity index (χ1) is 11.4. The van der Waals surface area contributed by atoms with Crippen molar-refractivity contribution in [3.63, 3.8) is 0 Å². The average molecular weight is 332 g/mol. The number of benzene rings is 1. The minimum Gasteiger partial charge on any atom is -0.483 e. The standard InChI is InChI=1S/C19H28N2O3/c1-13(2)19(23)20-16-8-10-21(11-9-16)18(22)12-24-17-7-5-6-14(3)15(17)4/h5-7,13,16H,8-12H2,1-4H3,(H,20,23). The van der Waals surface area contributed by atoms with Crippen LogP contribution < -0.4 is 10.1 Å². The van der Waals surface area contributed by atoms with E-state index in [2.05, 4.69) is 5.32 Å². The quantitative estimate of drug-likeness (QED) is 0.901. The lowest BCUT2D eigenvalue weighted by atomic mass is 10.0. The minimum atomic E-state index is -0.00405. The maximum atomic E-state index is 12.3. The maximum Gasteiger partial charge on any atom is 0.260 e. The van der Waals surface area contributed by atoms with Crippen LogP contribution in [0.25, 0.3) is 0 Å². The molecule has 0 unspecified atom stereocenters. The predicted octanol–water partition coefficient (Wildman–Crippen LogP) is 2.45. The first-order valence-corrected chi connectivity index (χ1v) is 8.65. The summed E-state index contributed by atoms with van der Waals surface area (Å²) in [5.41, 5.74) is 2.22. The van der Waals surface area contributed by atoms with Crippen LogP contribution in [-0.2, 0) is 9.59 Å². The van der Waals surface area contributed by atoms with Gasteiger partial charge >= 0.3 is 0 Å². The largest absolute Gasteiger partial charge is 0.483 e. The number of hydrogen-bond acceptors (Lipinski definition) is 3. The van der Waals surface area contributed by atoms with Crippen LogP contribution in [0.1, 0.15) is 37.8 Å². The van der Waals surface area contributed by atoms with Crippen LogP contribution in [0.15, 0.2) is 18.2 Å². The Morgan fingerprint density at radius 2 is 1.92 bits per heavy atom. The number of aryl methyl sites for hydroxylation is 1. The fourth-order valence-electron chi connectivity index (χ4n) is 2.75. The molecule has 0 spiro atoms. The Labute approximate surface area is 144 Å². The van der Waals surface area contributed by atoms with E-state index in [0.717, 1.165) is 29.7 Å². The van der Waals surface area contributed by atoms with E-state index in [1.807, 2.05) is 50.8 Å². The lowest BCUT2D eigenvalue weighted by Crippen LogP contribution is -2.48. The van der Waals surface area contributed by atoms with E-state index in [9.17, 15) is 9.59 Å². The van der Waals surface area contributed by atoms with Gasteiger partial charge in [-0.2, -0.15) is 0 Å². The zero-order chi connectivity index (χ0) is 17.7. The summed E-state index contributed by atoms with van der Waals surface area (Å²) < 4.78 is 5.69. The van der Waals surface area contributed by atoms with Gasteiger partial charge in [-0.05, 0) is 43.9 Å². The highest BCUT2D eigenvalue weighted by atomic mass is 16.5. The molecule has 0 aromatic heterocycles. The van der Waals surface area contributed by atoms with Gasteiger partial charge in [-0.3, -0.25) is 9.59 Å². The summed E-state index contributed by atoms with van der Waals surface area (Å²) in [4.78, 5) is 25.9. The van der Waals surface area contributed by atoms with E-state index in [4.69, 9.17) is 4.74 Å². The molecular formula is C19H28N2O3. The maximum absolute atomic E-state index is 12.3. The molecule has 1 saturated heterocycles. The summed E-state index contributed by atoms with van der Waals surface area (Å²) in [5, 5.41) is 3.04. The van der Waals surface area contributed by atoms with Crippen molar-refractivity contribution in [2.75, 3.05) is 19.7 Å². The first kappa shape index (κ1) is 18.3. The Bertz CT molecular complexity index is 590. The van der Waals surface area contributed by atoms with Gasteiger partial charge in [0.15, 0.2) is 6.61 Å². The normalized spacial score (nSPS) is 15.5. The lowest BCUT2D eigenvalue weighted by molar-refractivity contribution is -0.134. The van der Waals surface area contributed by atoms with Gasteiger partial charge < -0.3 is 15.0 Å². The molecule has 2 amide bonds. The molecule has 0 radical (unpaired) electrons. The lowest BCUT2D eigenvalue weighted by Gasteiger charge is -2.32. The molecule has 2 rings (SSSR count). The Kier molecular flexibility index (Phi) is 6.23. The zero-order valence-electron chi connectivity index (χ0n) is 15.1. The number of ether oxygens (including phenoxy) is 1. The Morgan fingerprint density at radius 3 is 2.54 bits per heavy atom. The number of hydrogen-bond donors (Lipinski definition) is 1. The second kappa shape index (κ2) is 8.18. The molecule has 0 saturated carbocycles. The molecule has 1 aromatic carbocycles. The van der Waals surface area contributed by atoms with Crippen molar-refractivity contribution in [1.82, 2.24) is 10.2 Å². The van der Waals surface area contributed by atoms with E-state index in [1.54, 1.807) is 0 Å². The highest BCUT2D eigenvalue weighted by Gasteiger charge is 2.24. The number of carbonyl (C=O) groups is 2. The molecule has 1 aromatic rings. The molecule has 5 nitrogen and oxygen atoms in total. The van der Waals surface area contributed by atoms with Crippen molar-refractivity contribution < 1.29 is 14.3 Å². The van der Waals surface area contributed by atoms with Crippen molar-refractivity contribution in [3.05, 3.63) is 29.3 Å². The first-order valence-electron chi connectivity index (χ1n) is 8.65. The van der Waals surface area contributed by atoms with Crippen molar-refractivity contribution in [1.29, 1.82) is 0 Å². The van der Waals surface area contributed by atoms with Gasteiger partial charge in [0.1, 0.15) is 5.75 Å². The van der Waals surface area contributed by atoms with Gasteiger partial charge in [0.25, 0.3) is 5.91 Å². The fourth-order valence-corrected chi connectivity index (χ4v) is 2.75.